The second kappa shape index (κ2) is 6.23. The van der Waals surface area contributed by atoms with E-state index in [2.05, 4.69) is 26.0 Å². The van der Waals surface area contributed by atoms with Gasteiger partial charge in [0.15, 0.2) is 5.78 Å². The lowest BCUT2D eigenvalue weighted by Crippen LogP contribution is -2.32. The van der Waals surface area contributed by atoms with Crippen molar-refractivity contribution in [1.82, 2.24) is 0 Å². The molecule has 2 aromatic carbocycles. The summed E-state index contributed by atoms with van der Waals surface area (Å²) in [5, 5.41) is 12.4. The van der Waals surface area contributed by atoms with Crippen molar-refractivity contribution in [2.24, 2.45) is 10.4 Å². The fourth-order valence-corrected chi connectivity index (χ4v) is 3.34. The molecule has 0 unspecified atom stereocenters. The largest absolute Gasteiger partial charge is 0.512 e. The maximum atomic E-state index is 12.6. The standard InChI is InChI=1S/C21H23NO2/c1-4-18(23)20-17(12-21(2,3)13-19(20)24)22-16-11-7-9-14-8-5-6-10-15(14)16/h5-11,23H,4,12-13H2,1-3H3/b20-18+,22-17?. The Morgan fingerprint density at radius 3 is 2.58 bits per heavy atom. The van der Waals surface area contributed by atoms with Gasteiger partial charge >= 0.3 is 0 Å². The fraction of sp³-hybridized carbons (Fsp3) is 0.333. The molecule has 124 valence electrons. The Labute approximate surface area is 142 Å². The molecule has 2 aromatic rings. The van der Waals surface area contributed by atoms with Crippen LogP contribution in [0.1, 0.15) is 40.0 Å². The molecule has 1 saturated carbocycles. The first-order valence-corrected chi connectivity index (χ1v) is 8.42. The second-order valence-electron chi connectivity index (χ2n) is 7.17. The third-order valence-electron chi connectivity index (χ3n) is 4.50. The highest BCUT2D eigenvalue weighted by Gasteiger charge is 2.36. The molecule has 3 heteroatoms. The van der Waals surface area contributed by atoms with Crippen LogP contribution in [0.15, 0.2) is 58.8 Å². The minimum absolute atomic E-state index is 0.00964. The van der Waals surface area contributed by atoms with Crippen molar-refractivity contribution in [1.29, 1.82) is 0 Å². The number of allylic oxidation sites excluding steroid dienone is 2. The third kappa shape index (κ3) is 3.12. The number of benzene rings is 2. The quantitative estimate of drug-likeness (QED) is 0.584. The van der Waals surface area contributed by atoms with Gasteiger partial charge in [-0.15, -0.1) is 0 Å². The molecule has 1 fully saturated rings. The number of aliphatic imine (C=N–C) groups is 1. The molecule has 0 heterocycles. The van der Waals surface area contributed by atoms with Gasteiger partial charge < -0.3 is 5.11 Å². The summed E-state index contributed by atoms with van der Waals surface area (Å²) in [4.78, 5) is 17.4. The van der Waals surface area contributed by atoms with E-state index in [4.69, 9.17) is 4.99 Å². The van der Waals surface area contributed by atoms with Gasteiger partial charge in [0.05, 0.1) is 17.0 Å². The van der Waals surface area contributed by atoms with Crippen LogP contribution in [0, 0.1) is 5.41 Å². The fourth-order valence-electron chi connectivity index (χ4n) is 3.34. The van der Waals surface area contributed by atoms with Crippen molar-refractivity contribution in [3.63, 3.8) is 0 Å². The predicted molar refractivity (Wildman–Crippen MR) is 99.0 cm³/mol. The van der Waals surface area contributed by atoms with Crippen LogP contribution in [0.5, 0.6) is 0 Å². The molecule has 0 aliphatic heterocycles. The van der Waals surface area contributed by atoms with Gasteiger partial charge in [-0.1, -0.05) is 57.2 Å². The van der Waals surface area contributed by atoms with Gasteiger partial charge in [0, 0.05) is 18.2 Å². The number of hydrogen-bond donors (Lipinski definition) is 1. The molecule has 3 nitrogen and oxygen atoms in total. The summed E-state index contributed by atoms with van der Waals surface area (Å²) in [5.41, 5.74) is 1.82. The van der Waals surface area contributed by atoms with Crippen LogP contribution in [-0.2, 0) is 4.79 Å². The number of nitrogens with zero attached hydrogens (tertiary/aromatic N) is 1. The van der Waals surface area contributed by atoms with Crippen molar-refractivity contribution < 1.29 is 9.90 Å². The number of carbonyl (C=O) groups excluding carboxylic acids is 1. The van der Waals surface area contributed by atoms with Gasteiger partial charge in [-0.3, -0.25) is 9.79 Å². The highest BCUT2D eigenvalue weighted by atomic mass is 16.3. The summed E-state index contributed by atoms with van der Waals surface area (Å²) < 4.78 is 0. The van der Waals surface area contributed by atoms with E-state index in [1.165, 1.54) is 0 Å². The van der Waals surface area contributed by atoms with Crippen LogP contribution >= 0.6 is 0 Å². The van der Waals surface area contributed by atoms with E-state index in [-0.39, 0.29) is 17.0 Å². The van der Waals surface area contributed by atoms with Crippen molar-refractivity contribution in [2.75, 3.05) is 0 Å². The zero-order valence-electron chi connectivity index (χ0n) is 14.5. The molecule has 0 spiro atoms. The van der Waals surface area contributed by atoms with Crippen LogP contribution in [0.3, 0.4) is 0 Å². The molecule has 24 heavy (non-hydrogen) atoms. The SMILES string of the molecule is CC/C(O)=C1\C(=O)CC(C)(C)CC1=Nc1cccc2ccccc12. The molecule has 0 atom stereocenters. The summed E-state index contributed by atoms with van der Waals surface area (Å²) in [7, 11) is 0. The van der Waals surface area contributed by atoms with Gasteiger partial charge in [0.1, 0.15) is 5.76 Å². The number of hydrogen-bond acceptors (Lipinski definition) is 3. The molecule has 1 aliphatic carbocycles. The highest BCUT2D eigenvalue weighted by molar-refractivity contribution is 6.25. The van der Waals surface area contributed by atoms with Crippen molar-refractivity contribution in [3.05, 3.63) is 53.8 Å². The van der Waals surface area contributed by atoms with Crippen molar-refractivity contribution in [2.45, 2.75) is 40.0 Å². The number of aliphatic hydroxyl groups is 1. The van der Waals surface area contributed by atoms with Crippen molar-refractivity contribution >= 4 is 28.0 Å². The molecule has 1 N–H and O–H groups in total. The van der Waals surface area contributed by atoms with E-state index >= 15 is 0 Å². The Kier molecular flexibility index (Phi) is 4.27. The molecular formula is C21H23NO2. The van der Waals surface area contributed by atoms with Crippen LogP contribution in [0.25, 0.3) is 10.8 Å². The van der Waals surface area contributed by atoms with E-state index in [1.54, 1.807) is 0 Å². The lowest BCUT2D eigenvalue weighted by molar-refractivity contribution is -0.117. The average molecular weight is 321 g/mol. The Morgan fingerprint density at radius 2 is 1.83 bits per heavy atom. The monoisotopic (exact) mass is 321 g/mol. The lowest BCUT2D eigenvalue weighted by atomic mass is 9.73. The number of carbonyl (C=O) groups is 1. The first-order valence-electron chi connectivity index (χ1n) is 8.42. The molecule has 0 bridgehead atoms. The molecule has 0 radical (unpaired) electrons. The lowest BCUT2D eigenvalue weighted by Gasteiger charge is -2.31. The van der Waals surface area contributed by atoms with Gasteiger partial charge in [-0.05, 0) is 23.3 Å². The van der Waals surface area contributed by atoms with E-state index in [9.17, 15) is 9.90 Å². The minimum atomic E-state index is -0.141. The maximum absolute atomic E-state index is 12.6. The maximum Gasteiger partial charge on any atom is 0.168 e. The number of ketones is 1. The summed E-state index contributed by atoms with van der Waals surface area (Å²) in [6, 6.07) is 14.1. The predicted octanol–water partition coefficient (Wildman–Crippen LogP) is 5.52. The van der Waals surface area contributed by atoms with E-state index in [1.807, 2.05) is 37.3 Å². The van der Waals surface area contributed by atoms with Crippen LogP contribution in [0.2, 0.25) is 0 Å². The van der Waals surface area contributed by atoms with Crippen LogP contribution in [-0.4, -0.2) is 16.6 Å². The Hall–Kier alpha value is -2.42. The number of rotatable bonds is 2. The first kappa shape index (κ1) is 16.4. The van der Waals surface area contributed by atoms with Gasteiger partial charge in [-0.2, -0.15) is 0 Å². The summed E-state index contributed by atoms with van der Waals surface area (Å²) in [6.45, 7) is 6.00. The topological polar surface area (TPSA) is 49.7 Å². The first-order chi connectivity index (χ1) is 11.4. The smallest absolute Gasteiger partial charge is 0.168 e. The van der Waals surface area contributed by atoms with Gasteiger partial charge in [0.25, 0.3) is 0 Å². The Balaban J connectivity index is 2.19. The molecular weight excluding hydrogens is 298 g/mol. The van der Waals surface area contributed by atoms with Crippen LogP contribution in [0.4, 0.5) is 5.69 Å². The summed E-state index contributed by atoms with van der Waals surface area (Å²) >= 11 is 0. The van der Waals surface area contributed by atoms with E-state index in [0.717, 1.165) is 16.5 Å². The van der Waals surface area contributed by atoms with E-state index in [0.29, 0.717) is 30.5 Å². The molecule has 0 amide bonds. The van der Waals surface area contributed by atoms with Crippen LogP contribution < -0.4 is 0 Å². The molecule has 0 saturated heterocycles. The highest BCUT2D eigenvalue weighted by Crippen LogP contribution is 2.37. The van der Waals surface area contributed by atoms with Gasteiger partial charge in [-0.25, -0.2) is 0 Å². The number of Topliss-reactive ketones (excluding diaryl/α,β-unsaturated/α-hetero) is 1. The van der Waals surface area contributed by atoms with Gasteiger partial charge in [0.2, 0.25) is 0 Å². The normalized spacial score (nSPS) is 21.3. The Bertz CT molecular complexity index is 854. The Morgan fingerprint density at radius 1 is 1.12 bits per heavy atom. The number of fused-ring (bicyclic) bond motifs is 1. The third-order valence-corrected chi connectivity index (χ3v) is 4.50. The molecule has 0 aromatic heterocycles. The molecule has 3 rings (SSSR count). The van der Waals surface area contributed by atoms with Crippen molar-refractivity contribution in [3.8, 4) is 0 Å². The molecule has 1 aliphatic rings. The second-order valence-corrected chi connectivity index (χ2v) is 7.17. The number of aliphatic hydroxyl groups excluding tert-OH is 1. The van der Waals surface area contributed by atoms with E-state index < -0.39 is 0 Å². The zero-order chi connectivity index (χ0) is 17.3. The summed E-state index contributed by atoms with van der Waals surface area (Å²) in [5.74, 6) is 0.138. The summed E-state index contributed by atoms with van der Waals surface area (Å²) in [6.07, 6.45) is 1.57. The zero-order valence-corrected chi connectivity index (χ0v) is 14.5. The minimum Gasteiger partial charge on any atom is -0.512 e. The average Bonchev–Trinajstić information content (AvgIpc) is 2.53.